The molecule has 2 aliphatic rings. The van der Waals surface area contributed by atoms with Gasteiger partial charge in [-0.2, -0.15) is 8.42 Å². The Morgan fingerprint density at radius 2 is 1.47 bits per heavy atom. The molecule has 7 N–H and O–H groups in total. The number of likely N-dealkylation sites (N-methyl/N-ethyl adjacent to an activating group) is 1. The lowest BCUT2D eigenvalue weighted by molar-refractivity contribution is -0.889. The van der Waals surface area contributed by atoms with Gasteiger partial charge in [0.05, 0.1) is 70.6 Å². The van der Waals surface area contributed by atoms with Crippen molar-refractivity contribution in [3.8, 4) is 11.4 Å². The SMILES string of the molecule is CO[C@@H]1C(CC(=O)NCc2ccc(-c3nncnn3)cc2)O[C@@H](O[C@@H]2C(CC(=O)NCC[N+](C)(C)CCCS(=O)(=O)O)O[C@@H](C)C(O)[C@H]2O)C(O)[C@H]1O. The van der Waals surface area contributed by atoms with Crippen LogP contribution >= 0.6 is 0 Å². The van der Waals surface area contributed by atoms with E-state index in [1.807, 2.05) is 14.1 Å². The fraction of sp³-hybridized carbons (Fsp3) is 0.688. The molecule has 2 aromatic rings. The molecule has 10 atom stereocenters. The number of aliphatic hydroxyl groups is 4. The average Bonchev–Trinajstić information content (AvgIpc) is 3.10. The molecule has 21 heteroatoms. The second kappa shape index (κ2) is 18.8. The van der Waals surface area contributed by atoms with Gasteiger partial charge >= 0.3 is 0 Å². The van der Waals surface area contributed by atoms with Crippen LogP contribution in [0.3, 0.4) is 0 Å². The first-order valence-electron chi connectivity index (χ1n) is 17.1. The summed E-state index contributed by atoms with van der Waals surface area (Å²) in [4.78, 5) is 26.0. The molecule has 20 nitrogen and oxygen atoms in total. The Hall–Kier alpha value is -3.35. The Morgan fingerprint density at radius 3 is 2.09 bits per heavy atom. The van der Waals surface area contributed by atoms with Gasteiger partial charge in [0.1, 0.15) is 36.6 Å². The number of aromatic nitrogens is 4. The average molecular weight is 773 g/mol. The van der Waals surface area contributed by atoms with Crippen molar-refractivity contribution in [2.45, 2.75) is 94.0 Å². The van der Waals surface area contributed by atoms with Crippen LogP contribution in [0, 0.1) is 0 Å². The fourth-order valence-electron chi connectivity index (χ4n) is 6.17. The van der Waals surface area contributed by atoms with Crippen molar-refractivity contribution in [1.82, 2.24) is 31.0 Å². The lowest BCUT2D eigenvalue weighted by Gasteiger charge is -2.46. The summed E-state index contributed by atoms with van der Waals surface area (Å²) in [6.45, 7) is 2.73. The molecule has 2 fully saturated rings. The van der Waals surface area contributed by atoms with Crippen LogP contribution in [0.4, 0.5) is 0 Å². The molecule has 296 valence electrons. The van der Waals surface area contributed by atoms with Crippen molar-refractivity contribution in [1.29, 1.82) is 0 Å². The van der Waals surface area contributed by atoms with Crippen molar-refractivity contribution in [2.75, 3.05) is 46.6 Å². The molecule has 1 aromatic carbocycles. The molecule has 2 amide bonds. The van der Waals surface area contributed by atoms with Gasteiger partial charge in [-0.3, -0.25) is 14.1 Å². The van der Waals surface area contributed by atoms with Gasteiger partial charge in [0.25, 0.3) is 10.1 Å². The second-order valence-corrected chi connectivity index (χ2v) is 15.4. The van der Waals surface area contributed by atoms with Gasteiger partial charge in [-0.05, 0) is 12.5 Å². The van der Waals surface area contributed by atoms with Crippen LogP contribution in [0.2, 0.25) is 0 Å². The molecule has 0 saturated carbocycles. The number of amides is 2. The minimum absolute atomic E-state index is 0.150. The van der Waals surface area contributed by atoms with Crippen molar-refractivity contribution in [3.05, 3.63) is 36.2 Å². The largest absolute Gasteiger partial charge is 0.388 e. The highest BCUT2D eigenvalue weighted by Gasteiger charge is 2.51. The number of nitrogens with zero attached hydrogens (tertiary/aromatic N) is 5. The third-order valence-electron chi connectivity index (χ3n) is 9.22. The maximum Gasteiger partial charge on any atom is 0.265 e. The molecule has 0 bridgehead atoms. The van der Waals surface area contributed by atoms with E-state index in [2.05, 4.69) is 31.0 Å². The molecular weight excluding hydrogens is 722 g/mol. The molecule has 53 heavy (non-hydrogen) atoms. The minimum atomic E-state index is -4.08. The van der Waals surface area contributed by atoms with Crippen LogP contribution in [0.15, 0.2) is 30.6 Å². The van der Waals surface area contributed by atoms with Crippen LogP contribution in [0.5, 0.6) is 0 Å². The highest BCUT2D eigenvalue weighted by molar-refractivity contribution is 7.85. The number of hydrogen-bond acceptors (Lipinski definition) is 16. The fourth-order valence-corrected chi connectivity index (χ4v) is 6.67. The van der Waals surface area contributed by atoms with Gasteiger partial charge in [0.2, 0.25) is 17.6 Å². The van der Waals surface area contributed by atoms with E-state index in [1.165, 1.54) is 20.4 Å². The van der Waals surface area contributed by atoms with Gasteiger partial charge in [-0.1, -0.05) is 24.3 Å². The van der Waals surface area contributed by atoms with Gasteiger partial charge in [0, 0.05) is 25.6 Å². The van der Waals surface area contributed by atoms with Crippen molar-refractivity contribution < 1.29 is 66.4 Å². The van der Waals surface area contributed by atoms with Crippen molar-refractivity contribution >= 4 is 21.9 Å². The van der Waals surface area contributed by atoms with E-state index in [0.29, 0.717) is 29.0 Å². The molecule has 2 aliphatic heterocycles. The molecule has 1 aromatic heterocycles. The monoisotopic (exact) mass is 772 g/mol. The van der Waals surface area contributed by atoms with Crippen LogP contribution < -0.4 is 10.6 Å². The highest BCUT2D eigenvalue weighted by atomic mass is 32.2. The van der Waals surface area contributed by atoms with Crippen molar-refractivity contribution in [2.24, 2.45) is 0 Å². The first kappa shape index (κ1) is 42.4. The normalized spacial score (nSPS) is 29.4. The van der Waals surface area contributed by atoms with Gasteiger partial charge in [-0.25, -0.2) is 0 Å². The van der Waals surface area contributed by atoms with Gasteiger partial charge < -0.3 is 54.5 Å². The topological polar surface area (TPSA) is 282 Å². The molecule has 3 heterocycles. The summed E-state index contributed by atoms with van der Waals surface area (Å²) < 4.78 is 54.5. The van der Waals surface area contributed by atoms with E-state index in [1.54, 1.807) is 24.3 Å². The van der Waals surface area contributed by atoms with E-state index in [9.17, 15) is 38.4 Å². The van der Waals surface area contributed by atoms with E-state index in [0.717, 1.165) is 5.56 Å². The highest BCUT2D eigenvalue weighted by Crippen LogP contribution is 2.32. The Kier molecular flexibility index (Phi) is 15.0. The quantitative estimate of drug-likeness (QED) is 0.0630. The Bertz CT molecular complexity index is 1590. The number of rotatable bonds is 17. The predicted octanol–water partition coefficient (Wildman–Crippen LogP) is -2.84. The molecule has 4 unspecified atom stereocenters. The third kappa shape index (κ3) is 12.3. The molecule has 0 radical (unpaired) electrons. The number of nitrogens with one attached hydrogen (secondary N) is 2. The Balaban J connectivity index is 1.35. The van der Waals surface area contributed by atoms with Crippen molar-refractivity contribution in [3.63, 3.8) is 0 Å². The number of benzene rings is 1. The van der Waals surface area contributed by atoms with E-state index in [-0.39, 0.29) is 38.1 Å². The number of carbonyl (C=O) groups is 2. The number of hydrogen-bond donors (Lipinski definition) is 7. The second-order valence-electron chi connectivity index (χ2n) is 13.8. The van der Waals surface area contributed by atoms with E-state index < -0.39 is 83.2 Å². The van der Waals surface area contributed by atoms with Crippen LogP contribution in [-0.2, 0) is 45.2 Å². The smallest absolute Gasteiger partial charge is 0.265 e. The standard InChI is InChI=1S/C32H49N7O13S/c1-18-25(42)26(43)30(22(50-18)15-23(40)33-10-12-39(2,3)11-5-13-53(46,47)48)52-32-28(45)27(44)29(49-4)21(51-32)14-24(41)34-16-19-6-8-20(9-7-19)31-37-35-17-36-38-31/h6-9,17-18,21-22,25-30,32,42-45H,5,10-16H2,1-4H3,(H2-,33,34,40,41,46,47,48)/p+1/t18-,21?,22?,25?,26+,27+,28?,29+,30+,32-/m0/s1. The zero-order valence-corrected chi connectivity index (χ0v) is 30.8. The summed E-state index contributed by atoms with van der Waals surface area (Å²) in [5.41, 5.74) is 1.44. The number of quaternary nitrogens is 1. The van der Waals surface area contributed by atoms with Gasteiger partial charge in [0.15, 0.2) is 12.6 Å². The molecule has 0 aliphatic carbocycles. The van der Waals surface area contributed by atoms with Crippen LogP contribution in [0.25, 0.3) is 11.4 Å². The maximum atomic E-state index is 13.0. The summed E-state index contributed by atoms with van der Waals surface area (Å²) in [6, 6.07) is 7.05. The number of ether oxygens (including phenoxy) is 4. The predicted molar refractivity (Wildman–Crippen MR) is 183 cm³/mol. The minimum Gasteiger partial charge on any atom is -0.388 e. The van der Waals surface area contributed by atoms with E-state index in [4.69, 9.17) is 23.5 Å². The zero-order chi connectivity index (χ0) is 38.9. The Morgan fingerprint density at radius 1 is 0.868 bits per heavy atom. The van der Waals surface area contributed by atoms with Crippen LogP contribution in [0.1, 0.15) is 31.7 Å². The summed E-state index contributed by atoms with van der Waals surface area (Å²) >= 11 is 0. The molecule has 0 spiro atoms. The summed E-state index contributed by atoms with van der Waals surface area (Å²) in [7, 11) is 0.891. The lowest BCUT2D eigenvalue weighted by Crippen LogP contribution is -2.64. The summed E-state index contributed by atoms with van der Waals surface area (Å²) in [5, 5.41) is 64.2. The lowest BCUT2D eigenvalue weighted by atomic mass is 9.92. The number of aliphatic hydroxyl groups excluding tert-OH is 4. The Labute approximate surface area is 307 Å². The van der Waals surface area contributed by atoms with E-state index >= 15 is 0 Å². The number of methoxy groups -OCH3 is 1. The maximum absolute atomic E-state index is 13.0. The zero-order valence-electron chi connectivity index (χ0n) is 30.0. The molecular formula is C32H50N7O13S+. The summed E-state index contributed by atoms with van der Waals surface area (Å²) in [5.74, 6) is -0.976. The van der Waals surface area contributed by atoms with Crippen LogP contribution in [-0.4, -0.2) is 178 Å². The first-order chi connectivity index (χ1) is 25.0. The third-order valence-corrected chi connectivity index (χ3v) is 10.0. The van der Waals surface area contributed by atoms with Gasteiger partial charge in [-0.15, -0.1) is 20.4 Å². The summed E-state index contributed by atoms with van der Waals surface area (Å²) in [6.07, 6.45) is -12.8. The first-order valence-corrected chi connectivity index (χ1v) is 18.7. The number of carbonyl (C=O) groups excluding carboxylic acids is 2. The molecule has 4 rings (SSSR count). The molecule has 2 saturated heterocycles.